The number of fused-ring (bicyclic) bond motifs is 4. The Morgan fingerprint density at radius 2 is 1.03 bits per heavy atom. The maximum atomic E-state index is 12.4. The van der Waals surface area contributed by atoms with Gasteiger partial charge in [-0.3, -0.25) is 19.2 Å². The minimum Gasteiger partial charge on any atom is -0.465 e. The lowest BCUT2D eigenvalue weighted by Crippen LogP contribution is -2.50. The Hall–Kier alpha value is -2.84. The summed E-state index contributed by atoms with van der Waals surface area (Å²) in [5.74, 6) is -0.636. The zero-order valence-electron chi connectivity index (χ0n) is 22.1. The van der Waals surface area contributed by atoms with Crippen LogP contribution in [0.4, 0.5) is 0 Å². The van der Waals surface area contributed by atoms with Crippen LogP contribution < -0.4 is 0 Å². The van der Waals surface area contributed by atoms with Crippen molar-refractivity contribution < 1.29 is 38.1 Å². The maximum Gasteiger partial charge on any atom is 0.316 e. The third kappa shape index (κ3) is 2.59. The van der Waals surface area contributed by atoms with Gasteiger partial charge >= 0.3 is 11.9 Å². The number of rotatable bonds is 0. The standard InChI is InChI=1S/2C15H16O4/c2*1-8-3-4-15-10(7-18-13(15)17)12-11(16)9(2)6-14(15,5-8)19-12/h2*5-6,10,12H,3-4,7H2,1-2H3/t2*10-,12-,14-,15+/m11/s1. The van der Waals surface area contributed by atoms with Crippen molar-refractivity contribution in [2.45, 2.75) is 76.8 Å². The molecule has 0 radical (unpaired) electrons. The van der Waals surface area contributed by atoms with E-state index >= 15 is 0 Å². The van der Waals surface area contributed by atoms with Crippen LogP contribution in [0.5, 0.6) is 0 Å². The van der Waals surface area contributed by atoms with Gasteiger partial charge in [0.25, 0.3) is 0 Å². The Labute approximate surface area is 221 Å². The molecular formula is C30H32O8. The molecular weight excluding hydrogens is 488 g/mol. The fourth-order valence-corrected chi connectivity index (χ4v) is 8.63. The van der Waals surface area contributed by atoms with Crippen LogP contribution in [0.3, 0.4) is 0 Å². The van der Waals surface area contributed by atoms with Gasteiger partial charge in [0.15, 0.2) is 11.6 Å². The molecule has 0 aromatic rings. The van der Waals surface area contributed by atoms with Crippen molar-refractivity contribution in [1.82, 2.24) is 0 Å². The van der Waals surface area contributed by atoms with Crippen molar-refractivity contribution in [3.8, 4) is 0 Å². The van der Waals surface area contributed by atoms with Crippen molar-refractivity contribution >= 4 is 23.5 Å². The van der Waals surface area contributed by atoms with Crippen LogP contribution in [0, 0.1) is 22.7 Å². The third-order valence-electron chi connectivity index (χ3n) is 10.5. The van der Waals surface area contributed by atoms with Crippen molar-refractivity contribution in [3.63, 3.8) is 0 Å². The molecule has 4 spiro atoms. The van der Waals surface area contributed by atoms with E-state index in [1.807, 2.05) is 52.0 Å². The molecule has 0 unspecified atom stereocenters. The molecule has 4 saturated heterocycles. The highest BCUT2D eigenvalue weighted by atomic mass is 16.6. The van der Waals surface area contributed by atoms with Crippen molar-refractivity contribution in [3.05, 3.63) is 46.6 Å². The SMILES string of the molecule is CC1=C[C@]23C=C(C)C(=O)[C@H](O2)[C@H]2COC(=O)[C@]23CC1.CC1=C[C@]23C=C(C)C(=O)[C@H](O2)[C@H]2COC(=O)[C@]23CC1. The van der Waals surface area contributed by atoms with Gasteiger partial charge in [-0.25, -0.2) is 0 Å². The fraction of sp³-hybridized carbons (Fsp3) is 0.600. The molecule has 0 saturated carbocycles. The van der Waals surface area contributed by atoms with Gasteiger partial charge in [-0.05, 0) is 88.8 Å². The Morgan fingerprint density at radius 1 is 0.632 bits per heavy atom. The van der Waals surface area contributed by atoms with E-state index in [4.69, 9.17) is 18.9 Å². The molecule has 4 bridgehead atoms. The molecule has 8 heteroatoms. The average molecular weight is 521 g/mol. The number of allylic oxidation sites excluding steroid dienone is 2. The topological polar surface area (TPSA) is 105 Å². The van der Waals surface area contributed by atoms with Gasteiger partial charge in [-0.15, -0.1) is 0 Å². The Kier molecular flexibility index (Phi) is 4.73. The largest absolute Gasteiger partial charge is 0.465 e. The predicted octanol–water partition coefficient (Wildman–Crippen LogP) is 3.11. The Morgan fingerprint density at radius 3 is 1.42 bits per heavy atom. The van der Waals surface area contributed by atoms with E-state index in [1.165, 1.54) is 11.1 Å². The van der Waals surface area contributed by atoms with E-state index in [1.54, 1.807) is 0 Å². The van der Waals surface area contributed by atoms with Crippen LogP contribution in [0.1, 0.15) is 53.4 Å². The summed E-state index contributed by atoms with van der Waals surface area (Å²) in [6, 6.07) is 0. The number of carbonyl (C=O) groups excluding carboxylic acids is 4. The molecule has 4 fully saturated rings. The lowest BCUT2D eigenvalue weighted by molar-refractivity contribution is -0.157. The first-order valence-electron chi connectivity index (χ1n) is 13.5. The molecule has 8 atom stereocenters. The smallest absolute Gasteiger partial charge is 0.316 e. The van der Waals surface area contributed by atoms with E-state index in [0.717, 1.165) is 12.8 Å². The zero-order chi connectivity index (χ0) is 26.8. The highest BCUT2D eigenvalue weighted by Crippen LogP contribution is 2.64. The van der Waals surface area contributed by atoms with Crippen LogP contribution in [-0.2, 0) is 38.1 Å². The van der Waals surface area contributed by atoms with Crippen LogP contribution >= 0.6 is 0 Å². The van der Waals surface area contributed by atoms with Crippen molar-refractivity contribution in [2.75, 3.05) is 13.2 Å². The first kappa shape index (κ1) is 24.2. The number of ketones is 2. The van der Waals surface area contributed by atoms with Gasteiger partial charge in [-0.1, -0.05) is 11.1 Å². The van der Waals surface area contributed by atoms with E-state index in [2.05, 4.69) is 0 Å². The third-order valence-corrected chi connectivity index (χ3v) is 10.5. The molecule has 2 aliphatic carbocycles. The number of Topliss-reactive ketones (excluding diaryl/α,β-unsaturated/α-hetero) is 2. The normalized spacial score (nSPS) is 47.3. The van der Waals surface area contributed by atoms with E-state index in [0.29, 0.717) is 37.2 Å². The zero-order valence-corrected chi connectivity index (χ0v) is 22.1. The molecule has 0 aromatic heterocycles. The van der Waals surface area contributed by atoms with Gasteiger partial charge < -0.3 is 18.9 Å². The van der Waals surface area contributed by atoms with E-state index < -0.39 is 34.2 Å². The fourth-order valence-electron chi connectivity index (χ4n) is 8.63. The molecule has 8 aliphatic rings. The summed E-state index contributed by atoms with van der Waals surface area (Å²) in [6.07, 6.45) is 9.89. The Balaban J connectivity index is 0.000000127. The molecule has 8 rings (SSSR count). The molecule has 8 nitrogen and oxygen atoms in total. The van der Waals surface area contributed by atoms with Crippen molar-refractivity contribution in [1.29, 1.82) is 0 Å². The monoisotopic (exact) mass is 520 g/mol. The quantitative estimate of drug-likeness (QED) is 0.355. The first-order chi connectivity index (χ1) is 18.0. The molecule has 38 heavy (non-hydrogen) atoms. The van der Waals surface area contributed by atoms with Gasteiger partial charge in [0.05, 0.1) is 13.2 Å². The van der Waals surface area contributed by atoms with E-state index in [-0.39, 0.29) is 35.3 Å². The summed E-state index contributed by atoms with van der Waals surface area (Å²) >= 11 is 0. The lowest BCUT2D eigenvalue weighted by Gasteiger charge is -2.41. The number of ether oxygens (including phenoxy) is 4. The summed E-state index contributed by atoms with van der Waals surface area (Å²) in [4.78, 5) is 49.3. The van der Waals surface area contributed by atoms with Gasteiger partial charge in [-0.2, -0.15) is 0 Å². The summed E-state index contributed by atoms with van der Waals surface area (Å²) in [7, 11) is 0. The predicted molar refractivity (Wildman–Crippen MR) is 132 cm³/mol. The second kappa shape index (κ2) is 7.42. The lowest BCUT2D eigenvalue weighted by atomic mass is 9.61. The number of cyclic esters (lactones) is 2. The van der Waals surface area contributed by atoms with Crippen LogP contribution in [0.2, 0.25) is 0 Å². The molecule has 0 aromatic carbocycles. The summed E-state index contributed by atoms with van der Waals surface area (Å²) in [5, 5.41) is 0. The summed E-state index contributed by atoms with van der Waals surface area (Å²) in [6.45, 7) is 8.35. The summed E-state index contributed by atoms with van der Waals surface area (Å²) < 4.78 is 22.7. The Bertz CT molecular complexity index is 1250. The second-order valence-corrected chi connectivity index (χ2v) is 12.4. The highest BCUT2D eigenvalue weighted by molar-refractivity contribution is 6.03. The highest BCUT2D eigenvalue weighted by Gasteiger charge is 2.76. The average Bonchev–Trinajstić information content (AvgIpc) is 3.52. The minimum absolute atomic E-state index is 0.00810. The number of hydrogen-bond acceptors (Lipinski definition) is 8. The molecule has 0 amide bonds. The second-order valence-electron chi connectivity index (χ2n) is 12.4. The molecule has 6 aliphatic heterocycles. The van der Waals surface area contributed by atoms with E-state index in [9.17, 15) is 19.2 Å². The summed E-state index contributed by atoms with van der Waals surface area (Å²) in [5.41, 5.74) is 0.987. The van der Waals surface area contributed by atoms with Gasteiger partial charge in [0.1, 0.15) is 34.2 Å². The maximum absolute atomic E-state index is 12.4. The number of esters is 2. The van der Waals surface area contributed by atoms with Crippen LogP contribution in [0.15, 0.2) is 46.6 Å². The molecule has 6 heterocycles. The van der Waals surface area contributed by atoms with Gasteiger partial charge in [0, 0.05) is 11.8 Å². The first-order valence-corrected chi connectivity index (χ1v) is 13.5. The molecule has 0 N–H and O–H groups in total. The van der Waals surface area contributed by atoms with Crippen LogP contribution in [-0.4, -0.2) is 60.1 Å². The minimum atomic E-state index is -0.754. The van der Waals surface area contributed by atoms with Crippen molar-refractivity contribution in [2.24, 2.45) is 22.7 Å². The van der Waals surface area contributed by atoms with Crippen LogP contribution in [0.25, 0.3) is 0 Å². The number of carbonyl (C=O) groups is 4. The van der Waals surface area contributed by atoms with Gasteiger partial charge in [0.2, 0.25) is 0 Å². The molecule has 200 valence electrons. The number of hydrogen-bond donors (Lipinski definition) is 0.